The largest absolute Gasteiger partial charge is 0.458 e. The maximum atomic E-state index is 11.8. The van der Waals surface area contributed by atoms with Crippen molar-refractivity contribution in [2.24, 2.45) is 17.8 Å². The van der Waals surface area contributed by atoms with E-state index in [0.29, 0.717) is 24.8 Å². The van der Waals surface area contributed by atoms with Gasteiger partial charge < -0.3 is 20.1 Å². The van der Waals surface area contributed by atoms with Crippen LogP contribution in [-0.2, 0) is 9.53 Å². The van der Waals surface area contributed by atoms with Crippen molar-refractivity contribution in [3.8, 4) is 0 Å². The van der Waals surface area contributed by atoms with Crippen LogP contribution < -0.4 is 0 Å². The summed E-state index contributed by atoms with van der Waals surface area (Å²) in [4.78, 5) is 11.8. The molecule has 0 aromatic heterocycles. The fourth-order valence-electron chi connectivity index (χ4n) is 4.38. The number of hydrogen-bond donors (Lipinski definition) is 3. The third-order valence-corrected chi connectivity index (χ3v) is 5.72. The van der Waals surface area contributed by atoms with Gasteiger partial charge >= 0.3 is 5.97 Å². The highest BCUT2D eigenvalue weighted by Gasteiger charge is 2.63. The summed E-state index contributed by atoms with van der Waals surface area (Å²) in [6.07, 6.45) is 0.0176. The molecule has 3 fully saturated rings. The van der Waals surface area contributed by atoms with Gasteiger partial charge in [0.25, 0.3) is 0 Å². The zero-order chi connectivity index (χ0) is 14.9. The Morgan fingerprint density at radius 2 is 2.00 bits per heavy atom. The summed E-state index contributed by atoms with van der Waals surface area (Å²) >= 11 is 0. The Labute approximate surface area is 118 Å². The second-order valence-corrected chi connectivity index (χ2v) is 7.01. The molecule has 7 unspecified atom stereocenters. The Morgan fingerprint density at radius 3 is 2.65 bits per heavy atom. The van der Waals surface area contributed by atoms with E-state index in [-0.39, 0.29) is 11.8 Å². The quantitative estimate of drug-likeness (QED) is 0.441. The molecule has 3 aliphatic rings. The molecule has 1 heterocycles. The van der Waals surface area contributed by atoms with Gasteiger partial charge in [-0.1, -0.05) is 6.58 Å². The van der Waals surface area contributed by atoms with E-state index in [9.17, 15) is 20.1 Å². The zero-order valence-electron chi connectivity index (χ0n) is 11.9. The normalized spacial score (nSPS) is 55.1. The molecule has 3 rings (SSSR count). The fourth-order valence-corrected chi connectivity index (χ4v) is 4.38. The number of ether oxygens (including phenoxy) is 1. The molecule has 7 atom stereocenters. The van der Waals surface area contributed by atoms with Gasteiger partial charge in [-0.05, 0) is 39.0 Å². The van der Waals surface area contributed by atoms with Crippen molar-refractivity contribution in [2.45, 2.75) is 56.5 Å². The topological polar surface area (TPSA) is 87.0 Å². The van der Waals surface area contributed by atoms with E-state index in [2.05, 4.69) is 6.58 Å². The summed E-state index contributed by atoms with van der Waals surface area (Å²) in [7, 11) is 0. The Hall–Kier alpha value is -0.910. The van der Waals surface area contributed by atoms with Crippen molar-refractivity contribution >= 4 is 5.97 Å². The van der Waals surface area contributed by atoms with Gasteiger partial charge in [0.05, 0.1) is 17.3 Å². The molecule has 3 N–H and O–H groups in total. The van der Waals surface area contributed by atoms with E-state index < -0.39 is 35.3 Å². The standard InChI is InChI=1S/C15H22O5/c1-7-8-4-5-14(2,18)9-6-10(16)15(3,19)11(9)12(8)20-13(7)17/h8-12,16,18-19H,1,4-6H2,2-3H3. The monoisotopic (exact) mass is 282 g/mol. The van der Waals surface area contributed by atoms with Crippen molar-refractivity contribution < 1.29 is 24.9 Å². The van der Waals surface area contributed by atoms with Crippen LogP contribution in [0.3, 0.4) is 0 Å². The average molecular weight is 282 g/mol. The lowest BCUT2D eigenvalue weighted by Crippen LogP contribution is -2.49. The predicted octanol–water partition coefficient (Wildman–Crippen LogP) is 0.377. The molecule has 2 aliphatic carbocycles. The molecule has 1 aliphatic heterocycles. The van der Waals surface area contributed by atoms with E-state index in [4.69, 9.17) is 4.74 Å². The number of aliphatic hydroxyl groups is 3. The van der Waals surface area contributed by atoms with Gasteiger partial charge in [0.15, 0.2) is 0 Å². The van der Waals surface area contributed by atoms with Crippen LogP contribution in [0, 0.1) is 17.8 Å². The lowest BCUT2D eigenvalue weighted by atomic mass is 9.74. The molecule has 112 valence electrons. The first-order valence-corrected chi connectivity index (χ1v) is 7.19. The number of rotatable bonds is 0. The molecule has 0 amide bonds. The van der Waals surface area contributed by atoms with Gasteiger partial charge in [-0.2, -0.15) is 0 Å². The van der Waals surface area contributed by atoms with Gasteiger partial charge in [-0.3, -0.25) is 0 Å². The maximum Gasteiger partial charge on any atom is 0.334 e. The second kappa shape index (κ2) is 4.06. The van der Waals surface area contributed by atoms with Crippen molar-refractivity contribution in [3.05, 3.63) is 12.2 Å². The van der Waals surface area contributed by atoms with Crippen molar-refractivity contribution in [1.82, 2.24) is 0 Å². The first kappa shape index (κ1) is 14.0. The van der Waals surface area contributed by atoms with Crippen LogP contribution in [0.5, 0.6) is 0 Å². The molecular formula is C15H22O5. The molecule has 0 radical (unpaired) electrons. The lowest BCUT2D eigenvalue weighted by molar-refractivity contribution is -0.154. The third-order valence-electron chi connectivity index (χ3n) is 5.72. The van der Waals surface area contributed by atoms with Crippen LogP contribution >= 0.6 is 0 Å². The molecule has 0 spiro atoms. The van der Waals surface area contributed by atoms with E-state index in [1.54, 1.807) is 13.8 Å². The molecule has 0 aromatic carbocycles. The Kier molecular flexibility index (Phi) is 2.85. The van der Waals surface area contributed by atoms with Crippen LogP contribution in [-0.4, -0.2) is 44.7 Å². The Morgan fingerprint density at radius 1 is 1.35 bits per heavy atom. The maximum absolute atomic E-state index is 11.8. The van der Waals surface area contributed by atoms with Crippen molar-refractivity contribution in [3.63, 3.8) is 0 Å². The minimum atomic E-state index is -1.37. The van der Waals surface area contributed by atoms with Crippen LogP contribution in [0.25, 0.3) is 0 Å². The van der Waals surface area contributed by atoms with Crippen LogP contribution in [0.15, 0.2) is 12.2 Å². The third kappa shape index (κ3) is 1.70. The number of aliphatic hydroxyl groups excluding tert-OH is 1. The van der Waals surface area contributed by atoms with E-state index in [0.717, 1.165) is 0 Å². The van der Waals surface area contributed by atoms with Gasteiger partial charge in [0.2, 0.25) is 0 Å². The predicted molar refractivity (Wildman–Crippen MR) is 70.6 cm³/mol. The molecule has 5 heteroatoms. The van der Waals surface area contributed by atoms with E-state index >= 15 is 0 Å². The SMILES string of the molecule is C=C1C(=O)OC2C1CCC(C)(O)C1CC(O)C(C)(O)C21. The first-order valence-electron chi connectivity index (χ1n) is 7.19. The number of carbonyl (C=O) groups excluding carboxylic acids is 1. The van der Waals surface area contributed by atoms with Gasteiger partial charge in [0.1, 0.15) is 6.10 Å². The Balaban J connectivity index is 2.06. The summed E-state index contributed by atoms with van der Waals surface area (Å²) in [6, 6.07) is 0. The van der Waals surface area contributed by atoms with Crippen molar-refractivity contribution in [2.75, 3.05) is 0 Å². The first-order chi connectivity index (χ1) is 9.16. The smallest absolute Gasteiger partial charge is 0.334 e. The van der Waals surface area contributed by atoms with Crippen molar-refractivity contribution in [1.29, 1.82) is 0 Å². The highest BCUT2D eigenvalue weighted by Crippen LogP contribution is 2.55. The minimum absolute atomic E-state index is 0.180. The molecule has 0 aromatic rings. The van der Waals surface area contributed by atoms with Crippen LogP contribution in [0.2, 0.25) is 0 Å². The summed E-state index contributed by atoms with van der Waals surface area (Å²) < 4.78 is 5.43. The molecular weight excluding hydrogens is 260 g/mol. The molecule has 0 bridgehead atoms. The van der Waals surface area contributed by atoms with Gasteiger partial charge in [-0.25, -0.2) is 4.79 Å². The van der Waals surface area contributed by atoms with Gasteiger partial charge in [-0.15, -0.1) is 0 Å². The summed E-state index contributed by atoms with van der Waals surface area (Å²) in [5.74, 6) is -1.36. The van der Waals surface area contributed by atoms with Crippen LogP contribution in [0.1, 0.15) is 33.1 Å². The zero-order valence-corrected chi connectivity index (χ0v) is 11.9. The summed E-state index contributed by atoms with van der Waals surface area (Å²) in [5, 5.41) is 31.5. The van der Waals surface area contributed by atoms with E-state index in [1.807, 2.05) is 0 Å². The number of esters is 1. The molecule has 20 heavy (non-hydrogen) atoms. The summed E-state index contributed by atoms with van der Waals surface area (Å²) in [6.45, 7) is 7.10. The van der Waals surface area contributed by atoms with Crippen LogP contribution in [0.4, 0.5) is 0 Å². The number of fused-ring (bicyclic) bond motifs is 3. The minimum Gasteiger partial charge on any atom is -0.458 e. The molecule has 1 saturated heterocycles. The highest BCUT2D eigenvalue weighted by molar-refractivity contribution is 5.90. The highest BCUT2D eigenvalue weighted by atomic mass is 16.6. The second-order valence-electron chi connectivity index (χ2n) is 7.01. The summed E-state index contributed by atoms with van der Waals surface area (Å²) in [5.41, 5.74) is -1.93. The lowest BCUT2D eigenvalue weighted by Gasteiger charge is -2.38. The number of hydrogen-bond acceptors (Lipinski definition) is 5. The molecule has 2 saturated carbocycles. The average Bonchev–Trinajstić information content (AvgIpc) is 2.69. The van der Waals surface area contributed by atoms with E-state index in [1.165, 1.54) is 0 Å². The Bertz CT molecular complexity index is 467. The van der Waals surface area contributed by atoms with Gasteiger partial charge in [0, 0.05) is 17.4 Å². The molecule has 5 nitrogen and oxygen atoms in total. The number of carbonyl (C=O) groups is 1. The fraction of sp³-hybridized carbons (Fsp3) is 0.800.